The average molecular weight is 238 g/mol. The van der Waals surface area contributed by atoms with Crippen LogP contribution in [0.3, 0.4) is 0 Å². The molecule has 0 bridgehead atoms. The number of piperidine rings is 1. The Labute approximate surface area is 98.0 Å². The molecule has 1 N–H and O–H groups in total. The van der Waals surface area contributed by atoms with E-state index in [2.05, 4.69) is 5.32 Å². The smallest absolute Gasteiger partial charge is 0.296 e. The third kappa shape index (κ3) is 2.53. The normalized spacial score (nSPS) is 22.8. The van der Waals surface area contributed by atoms with Crippen LogP contribution in [-0.4, -0.2) is 25.1 Å². The topological polar surface area (TPSA) is 45.0 Å². The van der Waals surface area contributed by atoms with Gasteiger partial charge in [-0.1, -0.05) is 12.1 Å². The van der Waals surface area contributed by atoms with E-state index in [9.17, 15) is 8.78 Å². The second kappa shape index (κ2) is 4.68. The summed E-state index contributed by atoms with van der Waals surface area (Å²) in [5.41, 5.74) is 0.279. The zero-order valence-electron chi connectivity index (χ0n) is 9.12. The van der Waals surface area contributed by atoms with Gasteiger partial charge in [-0.15, -0.1) is 0 Å². The molecule has 1 aromatic rings. The fraction of sp³-hybridized carbons (Fsp3) is 0.417. The number of alkyl halides is 2. The van der Waals surface area contributed by atoms with Crippen LogP contribution < -0.4 is 10.1 Å². The predicted molar refractivity (Wildman–Crippen MR) is 58.0 cm³/mol. The quantitative estimate of drug-likeness (QED) is 0.856. The van der Waals surface area contributed by atoms with E-state index in [4.69, 9.17) is 10.00 Å². The first-order valence-corrected chi connectivity index (χ1v) is 5.38. The summed E-state index contributed by atoms with van der Waals surface area (Å²) in [4.78, 5) is 0. The first-order chi connectivity index (χ1) is 8.13. The van der Waals surface area contributed by atoms with E-state index in [0.29, 0.717) is 6.54 Å². The molecule has 1 heterocycles. The lowest BCUT2D eigenvalue weighted by atomic mass is 10.1. The van der Waals surface area contributed by atoms with Crippen molar-refractivity contribution < 1.29 is 13.5 Å². The van der Waals surface area contributed by atoms with Crippen LogP contribution in [0.5, 0.6) is 5.75 Å². The van der Waals surface area contributed by atoms with Gasteiger partial charge in [0.05, 0.1) is 12.1 Å². The van der Waals surface area contributed by atoms with Crippen molar-refractivity contribution in [1.82, 2.24) is 5.32 Å². The summed E-state index contributed by atoms with van der Waals surface area (Å²) < 4.78 is 32.3. The number of halogens is 2. The van der Waals surface area contributed by atoms with Crippen molar-refractivity contribution in [3.8, 4) is 11.8 Å². The molecule has 17 heavy (non-hydrogen) atoms. The molecule has 3 nitrogen and oxygen atoms in total. The van der Waals surface area contributed by atoms with Crippen LogP contribution in [0.1, 0.15) is 12.0 Å². The first kappa shape index (κ1) is 11.8. The average Bonchev–Trinajstić information content (AvgIpc) is 2.32. The molecular weight excluding hydrogens is 226 g/mol. The van der Waals surface area contributed by atoms with Gasteiger partial charge in [0.2, 0.25) is 0 Å². The number of hydrogen-bond donors (Lipinski definition) is 1. The van der Waals surface area contributed by atoms with Gasteiger partial charge in [-0.2, -0.15) is 5.26 Å². The molecule has 1 unspecified atom stereocenters. The van der Waals surface area contributed by atoms with Crippen molar-refractivity contribution in [2.75, 3.05) is 13.1 Å². The highest BCUT2D eigenvalue weighted by Gasteiger charge is 2.43. The van der Waals surface area contributed by atoms with Crippen LogP contribution in [0, 0.1) is 11.3 Å². The highest BCUT2D eigenvalue weighted by Crippen LogP contribution is 2.29. The largest absolute Gasteiger partial charge is 0.483 e. The monoisotopic (exact) mass is 238 g/mol. The lowest BCUT2D eigenvalue weighted by Crippen LogP contribution is -2.52. The molecule has 1 fully saturated rings. The molecular formula is C12H12F2N2O. The first-order valence-electron chi connectivity index (χ1n) is 5.38. The maximum atomic E-state index is 13.5. The molecule has 0 amide bonds. The van der Waals surface area contributed by atoms with E-state index in [-0.39, 0.29) is 24.3 Å². The summed E-state index contributed by atoms with van der Waals surface area (Å²) in [7, 11) is 0. The fourth-order valence-corrected chi connectivity index (χ4v) is 1.77. The molecule has 1 saturated heterocycles. The summed E-state index contributed by atoms with van der Waals surface area (Å²) in [5, 5.41) is 11.5. The Morgan fingerprint density at radius 3 is 2.88 bits per heavy atom. The molecule has 1 atom stereocenters. The van der Waals surface area contributed by atoms with Gasteiger partial charge in [0.1, 0.15) is 11.8 Å². The third-order valence-corrected chi connectivity index (χ3v) is 2.69. The number of nitriles is 1. The Morgan fingerprint density at radius 1 is 1.41 bits per heavy atom. The zero-order valence-corrected chi connectivity index (χ0v) is 9.12. The number of ether oxygens (including phenoxy) is 1. The summed E-state index contributed by atoms with van der Waals surface area (Å²) in [6.45, 7) is 0.112. The molecule has 0 aliphatic carbocycles. The summed E-state index contributed by atoms with van der Waals surface area (Å²) >= 11 is 0. The van der Waals surface area contributed by atoms with Crippen molar-refractivity contribution in [2.45, 2.75) is 18.4 Å². The second-order valence-corrected chi connectivity index (χ2v) is 3.94. The zero-order chi connectivity index (χ0) is 12.3. The van der Waals surface area contributed by atoms with Crippen molar-refractivity contribution >= 4 is 0 Å². The van der Waals surface area contributed by atoms with Gasteiger partial charge in [0.15, 0.2) is 6.10 Å². The van der Waals surface area contributed by atoms with Crippen molar-refractivity contribution in [3.63, 3.8) is 0 Å². The molecule has 5 heteroatoms. The summed E-state index contributed by atoms with van der Waals surface area (Å²) in [5.74, 6) is -2.68. The van der Waals surface area contributed by atoms with E-state index < -0.39 is 12.0 Å². The van der Waals surface area contributed by atoms with E-state index in [1.807, 2.05) is 6.07 Å². The van der Waals surface area contributed by atoms with Gasteiger partial charge >= 0.3 is 0 Å². The molecule has 1 aliphatic rings. The fourth-order valence-electron chi connectivity index (χ4n) is 1.77. The van der Waals surface area contributed by atoms with Gasteiger partial charge in [0, 0.05) is 6.42 Å². The number of nitrogens with zero attached hydrogens (tertiary/aromatic N) is 1. The minimum atomic E-state index is -2.90. The summed E-state index contributed by atoms with van der Waals surface area (Å²) in [6, 6.07) is 8.35. The third-order valence-electron chi connectivity index (χ3n) is 2.69. The SMILES string of the molecule is N#Cc1ccccc1OC1CCNCC1(F)F. The van der Waals surface area contributed by atoms with Gasteiger partial charge in [-0.05, 0) is 18.7 Å². The van der Waals surface area contributed by atoms with Crippen LogP contribution in [0.15, 0.2) is 24.3 Å². The lowest BCUT2D eigenvalue weighted by Gasteiger charge is -2.32. The molecule has 1 aromatic carbocycles. The van der Waals surface area contributed by atoms with Crippen molar-refractivity contribution in [2.24, 2.45) is 0 Å². The summed E-state index contributed by atoms with van der Waals surface area (Å²) in [6.07, 6.45) is -0.939. The van der Waals surface area contributed by atoms with E-state index in [0.717, 1.165) is 0 Å². The van der Waals surface area contributed by atoms with Crippen LogP contribution >= 0.6 is 0 Å². The molecule has 0 radical (unpaired) electrons. The highest BCUT2D eigenvalue weighted by molar-refractivity contribution is 5.42. The van der Waals surface area contributed by atoms with Crippen molar-refractivity contribution in [1.29, 1.82) is 5.26 Å². The van der Waals surface area contributed by atoms with Crippen LogP contribution in [0.2, 0.25) is 0 Å². The number of para-hydroxylation sites is 1. The maximum Gasteiger partial charge on any atom is 0.296 e. The minimum absolute atomic E-state index is 0.224. The van der Waals surface area contributed by atoms with Crippen molar-refractivity contribution in [3.05, 3.63) is 29.8 Å². The molecule has 2 rings (SSSR count). The molecule has 0 spiro atoms. The molecule has 0 saturated carbocycles. The molecule has 90 valence electrons. The standard InChI is InChI=1S/C12H12F2N2O/c13-12(14)8-16-6-5-11(12)17-10-4-2-1-3-9(10)7-15/h1-4,11,16H,5-6,8H2. The highest BCUT2D eigenvalue weighted by atomic mass is 19.3. The van der Waals surface area contributed by atoms with Gasteiger partial charge in [-0.25, -0.2) is 8.78 Å². The van der Waals surface area contributed by atoms with E-state index >= 15 is 0 Å². The van der Waals surface area contributed by atoms with Crippen LogP contribution in [0.25, 0.3) is 0 Å². The molecule has 0 aromatic heterocycles. The number of benzene rings is 1. The Kier molecular flexibility index (Phi) is 3.25. The number of rotatable bonds is 2. The second-order valence-electron chi connectivity index (χ2n) is 3.94. The Balaban J connectivity index is 2.17. The molecule has 1 aliphatic heterocycles. The van der Waals surface area contributed by atoms with Crippen LogP contribution in [0.4, 0.5) is 8.78 Å². The van der Waals surface area contributed by atoms with Gasteiger partial charge < -0.3 is 10.1 Å². The number of hydrogen-bond acceptors (Lipinski definition) is 3. The van der Waals surface area contributed by atoms with Crippen LogP contribution in [-0.2, 0) is 0 Å². The number of nitrogens with one attached hydrogen (secondary N) is 1. The van der Waals surface area contributed by atoms with E-state index in [1.54, 1.807) is 18.2 Å². The minimum Gasteiger partial charge on any atom is -0.483 e. The van der Waals surface area contributed by atoms with Gasteiger partial charge in [0.25, 0.3) is 5.92 Å². The Bertz CT molecular complexity index is 442. The predicted octanol–water partition coefficient (Wildman–Crippen LogP) is 1.93. The Hall–Kier alpha value is -1.67. The maximum absolute atomic E-state index is 13.5. The van der Waals surface area contributed by atoms with Gasteiger partial charge in [-0.3, -0.25) is 0 Å². The Morgan fingerprint density at radius 2 is 2.18 bits per heavy atom. The lowest BCUT2D eigenvalue weighted by molar-refractivity contribution is -0.109. The van der Waals surface area contributed by atoms with E-state index in [1.165, 1.54) is 6.07 Å².